The molecule has 4 aromatic rings. The Morgan fingerprint density at radius 2 is 1.61 bits per heavy atom. The van der Waals surface area contributed by atoms with Crippen molar-refractivity contribution in [3.63, 3.8) is 0 Å². The zero-order chi connectivity index (χ0) is 22.8. The number of hydrogen-bond acceptors (Lipinski definition) is 4. The summed E-state index contributed by atoms with van der Waals surface area (Å²) in [4.78, 5) is 17.8. The second-order valence-electron chi connectivity index (χ2n) is 8.07. The van der Waals surface area contributed by atoms with Crippen LogP contribution in [0.3, 0.4) is 0 Å². The molecule has 0 bridgehead atoms. The van der Waals surface area contributed by atoms with Crippen LogP contribution in [-0.4, -0.2) is 29.7 Å². The maximum Gasteiger partial charge on any atom is 0.246 e. The lowest BCUT2D eigenvalue weighted by Crippen LogP contribution is -2.51. The number of fused-ring (bicyclic) bond motifs is 2. The molecule has 0 radical (unpaired) electrons. The number of hydrogen-bond donors (Lipinski definition) is 1. The number of amides is 1. The van der Waals surface area contributed by atoms with Crippen molar-refractivity contribution in [1.29, 1.82) is 0 Å². The zero-order valence-electron chi connectivity index (χ0n) is 17.9. The lowest BCUT2D eigenvalue weighted by atomic mass is 10.0. The van der Waals surface area contributed by atoms with Gasteiger partial charge in [-0.2, -0.15) is 4.31 Å². The molecule has 1 aliphatic rings. The van der Waals surface area contributed by atoms with E-state index >= 15 is 0 Å². The number of rotatable bonds is 4. The van der Waals surface area contributed by atoms with E-state index in [0.717, 1.165) is 22.1 Å². The lowest BCUT2D eigenvalue weighted by Gasteiger charge is -2.33. The highest BCUT2D eigenvalue weighted by molar-refractivity contribution is 7.89. The molecule has 7 heteroatoms. The van der Waals surface area contributed by atoms with E-state index in [2.05, 4.69) is 10.3 Å². The van der Waals surface area contributed by atoms with Gasteiger partial charge in [0.15, 0.2) is 0 Å². The molecule has 1 atom stereocenters. The molecule has 166 valence electrons. The van der Waals surface area contributed by atoms with Crippen LogP contribution in [0.15, 0.2) is 96.0 Å². The third kappa shape index (κ3) is 4.13. The molecule has 3 aromatic carbocycles. The minimum absolute atomic E-state index is 0.101. The molecule has 0 saturated carbocycles. The summed E-state index contributed by atoms with van der Waals surface area (Å²) in [5, 5.41) is 3.67. The third-order valence-corrected chi connectivity index (χ3v) is 7.89. The van der Waals surface area contributed by atoms with E-state index in [1.54, 1.807) is 24.4 Å². The predicted octanol–water partition coefficient (Wildman–Crippen LogP) is 3.67. The smallest absolute Gasteiger partial charge is 0.246 e. The van der Waals surface area contributed by atoms with Gasteiger partial charge in [0.05, 0.1) is 5.52 Å². The number of pyridine rings is 1. The average Bonchev–Trinajstić information content (AvgIpc) is 2.84. The van der Waals surface area contributed by atoms with E-state index in [0.29, 0.717) is 12.1 Å². The first kappa shape index (κ1) is 21.3. The number of aromatic nitrogens is 1. The Bertz CT molecular complexity index is 1420. The summed E-state index contributed by atoms with van der Waals surface area (Å²) >= 11 is 0. The fourth-order valence-corrected chi connectivity index (χ4v) is 6.02. The van der Waals surface area contributed by atoms with E-state index in [-0.39, 0.29) is 23.8 Å². The number of carbonyl (C=O) groups is 1. The average molecular weight is 458 g/mol. The number of benzene rings is 3. The first-order chi connectivity index (χ1) is 16.0. The third-order valence-electron chi connectivity index (χ3n) is 6.00. The molecule has 0 spiro atoms. The zero-order valence-corrected chi connectivity index (χ0v) is 18.7. The second kappa shape index (κ2) is 8.77. The predicted molar refractivity (Wildman–Crippen MR) is 127 cm³/mol. The van der Waals surface area contributed by atoms with Crippen LogP contribution in [0, 0.1) is 0 Å². The molecule has 0 unspecified atom stereocenters. The fraction of sp³-hybridized carbons (Fsp3) is 0.154. The molecule has 0 saturated heterocycles. The Labute approximate surface area is 192 Å². The van der Waals surface area contributed by atoms with Crippen LogP contribution < -0.4 is 5.32 Å². The molecule has 6 nitrogen and oxygen atoms in total. The molecule has 0 aliphatic carbocycles. The van der Waals surface area contributed by atoms with E-state index in [1.807, 2.05) is 66.7 Å². The van der Waals surface area contributed by atoms with Gasteiger partial charge in [-0.15, -0.1) is 0 Å². The maximum atomic E-state index is 14.1. The number of nitrogens with one attached hydrogen (secondary N) is 1. The van der Waals surface area contributed by atoms with Crippen LogP contribution in [0.5, 0.6) is 0 Å². The minimum atomic E-state index is -4.06. The second-order valence-corrected chi connectivity index (χ2v) is 9.93. The number of para-hydroxylation sites is 1. The summed E-state index contributed by atoms with van der Waals surface area (Å²) in [5.74, 6) is -0.315. The summed E-state index contributed by atoms with van der Waals surface area (Å²) in [5.41, 5.74) is 3.06. The molecule has 0 fully saturated rings. The number of sulfonamides is 1. The highest BCUT2D eigenvalue weighted by atomic mass is 32.2. The van der Waals surface area contributed by atoms with Crippen molar-refractivity contribution in [3.05, 3.63) is 108 Å². The molecular formula is C26H23N3O3S. The molecule has 5 rings (SSSR count). The quantitative estimate of drug-likeness (QED) is 0.507. The van der Waals surface area contributed by atoms with Crippen LogP contribution in [0.4, 0.5) is 0 Å². The number of carbonyl (C=O) groups excluding carboxylic acids is 1. The van der Waals surface area contributed by atoms with Gasteiger partial charge in [0.2, 0.25) is 15.9 Å². The van der Waals surface area contributed by atoms with Crippen molar-refractivity contribution in [2.24, 2.45) is 0 Å². The van der Waals surface area contributed by atoms with Crippen molar-refractivity contribution >= 4 is 26.8 Å². The first-order valence-corrected chi connectivity index (χ1v) is 12.2. The minimum Gasteiger partial charge on any atom is -0.351 e. The Morgan fingerprint density at radius 3 is 2.42 bits per heavy atom. The van der Waals surface area contributed by atoms with E-state index in [1.165, 1.54) is 4.31 Å². The SMILES string of the molecule is O=C1NCc2ccccc2CN(S(=O)(=O)c2cccc3cccnc23)[C@@H]1Cc1ccccc1. The molecule has 33 heavy (non-hydrogen) atoms. The van der Waals surface area contributed by atoms with Crippen LogP contribution in [0.2, 0.25) is 0 Å². The van der Waals surface area contributed by atoms with Crippen molar-refractivity contribution < 1.29 is 13.2 Å². The molecule has 1 N–H and O–H groups in total. The van der Waals surface area contributed by atoms with Crippen LogP contribution in [0.25, 0.3) is 10.9 Å². The summed E-state index contributed by atoms with van der Waals surface area (Å²) in [6, 6.07) is 24.9. The molecule has 1 aliphatic heterocycles. The fourth-order valence-electron chi connectivity index (χ4n) is 4.29. The topological polar surface area (TPSA) is 79.4 Å². The van der Waals surface area contributed by atoms with E-state index < -0.39 is 16.1 Å². The molecule has 1 amide bonds. The Balaban J connectivity index is 1.67. The summed E-state index contributed by atoms with van der Waals surface area (Å²) in [6.45, 7) is 0.469. The van der Waals surface area contributed by atoms with Gasteiger partial charge in [-0.1, -0.05) is 72.8 Å². The van der Waals surface area contributed by atoms with E-state index in [4.69, 9.17) is 0 Å². The van der Waals surface area contributed by atoms with Crippen molar-refractivity contribution in [3.8, 4) is 0 Å². The van der Waals surface area contributed by atoms with Crippen molar-refractivity contribution in [2.75, 3.05) is 0 Å². The standard InChI is InChI=1S/C26H23N3O3S/c30-26-23(16-19-8-2-1-3-9-19)29(18-22-11-5-4-10-21(22)17-28-26)33(31,32)24-14-6-12-20-13-7-15-27-25(20)24/h1-15,23H,16-18H2,(H,28,30)/t23-/m1/s1. The molecule has 1 aromatic heterocycles. The summed E-state index contributed by atoms with van der Waals surface area (Å²) in [7, 11) is -4.06. The maximum absolute atomic E-state index is 14.1. The Kier molecular flexibility index (Phi) is 5.66. The van der Waals surface area contributed by atoms with E-state index in [9.17, 15) is 13.2 Å². The van der Waals surface area contributed by atoms with Crippen molar-refractivity contribution in [2.45, 2.75) is 30.4 Å². The number of nitrogens with zero attached hydrogens (tertiary/aromatic N) is 2. The summed E-state index contributed by atoms with van der Waals surface area (Å²) < 4.78 is 29.6. The highest BCUT2D eigenvalue weighted by Gasteiger charge is 2.38. The molecule has 2 heterocycles. The van der Waals surface area contributed by atoms with Gasteiger partial charge in [-0.3, -0.25) is 9.78 Å². The van der Waals surface area contributed by atoms with Gasteiger partial charge >= 0.3 is 0 Å². The van der Waals surface area contributed by atoms with Gasteiger partial charge in [-0.25, -0.2) is 8.42 Å². The monoisotopic (exact) mass is 457 g/mol. The van der Waals surface area contributed by atoms with Crippen LogP contribution in [-0.2, 0) is 34.3 Å². The first-order valence-electron chi connectivity index (χ1n) is 10.8. The van der Waals surface area contributed by atoms with Gasteiger partial charge in [-0.05, 0) is 35.2 Å². The van der Waals surface area contributed by atoms with Gasteiger partial charge < -0.3 is 5.32 Å². The summed E-state index contributed by atoms with van der Waals surface area (Å²) in [6.07, 6.45) is 1.85. The van der Waals surface area contributed by atoms with Gasteiger partial charge in [0, 0.05) is 24.7 Å². The largest absolute Gasteiger partial charge is 0.351 e. The normalized spacial score (nSPS) is 17.1. The highest BCUT2D eigenvalue weighted by Crippen LogP contribution is 2.29. The van der Waals surface area contributed by atoms with Gasteiger partial charge in [0.1, 0.15) is 10.9 Å². The van der Waals surface area contributed by atoms with Gasteiger partial charge in [0.25, 0.3) is 0 Å². The molecular weight excluding hydrogens is 434 g/mol. The van der Waals surface area contributed by atoms with Crippen molar-refractivity contribution in [1.82, 2.24) is 14.6 Å². The Hall–Kier alpha value is -3.55. The lowest BCUT2D eigenvalue weighted by molar-refractivity contribution is -0.125. The Morgan fingerprint density at radius 1 is 0.879 bits per heavy atom. The van der Waals surface area contributed by atoms with Crippen LogP contribution in [0.1, 0.15) is 16.7 Å². The van der Waals surface area contributed by atoms with Crippen LogP contribution >= 0.6 is 0 Å².